The van der Waals surface area contributed by atoms with Crippen molar-refractivity contribution in [1.82, 2.24) is 19.3 Å². The Morgan fingerprint density at radius 3 is 2.59 bits per heavy atom. The van der Waals surface area contributed by atoms with Crippen molar-refractivity contribution in [1.29, 1.82) is 0 Å². The highest BCUT2D eigenvalue weighted by atomic mass is 32.2. The second-order valence-corrected chi connectivity index (χ2v) is 10.8. The molecule has 1 saturated carbocycles. The third kappa shape index (κ3) is 4.85. The molecule has 0 bridgehead atoms. The fourth-order valence-corrected chi connectivity index (χ4v) is 4.68. The van der Waals surface area contributed by atoms with Gasteiger partial charge in [-0.05, 0) is 42.0 Å². The molecule has 32 heavy (non-hydrogen) atoms. The van der Waals surface area contributed by atoms with E-state index in [1.54, 1.807) is 6.20 Å². The molecular formula is C22H24F4N4OS. The van der Waals surface area contributed by atoms with Crippen LogP contribution in [0.2, 0.25) is 0 Å². The summed E-state index contributed by atoms with van der Waals surface area (Å²) in [6.45, 7) is 6.83. The van der Waals surface area contributed by atoms with Gasteiger partial charge in [-0.15, -0.1) is 0 Å². The van der Waals surface area contributed by atoms with Crippen LogP contribution < -0.4 is 4.72 Å². The molecule has 3 heterocycles. The molecule has 4 rings (SSSR count). The SMILES string of the molecule is CC(C)(C)Cn1cc(CNS(=O)C2CC2)c2cc(F)c(-c3cccnc3C(F)(F)F)nc21. The van der Waals surface area contributed by atoms with E-state index in [1.807, 2.05) is 25.3 Å². The molecule has 0 amide bonds. The summed E-state index contributed by atoms with van der Waals surface area (Å²) in [5.74, 6) is -0.867. The van der Waals surface area contributed by atoms with Crippen LogP contribution in [-0.2, 0) is 30.3 Å². The molecule has 0 aromatic carbocycles. The minimum absolute atomic E-state index is 0.144. The van der Waals surface area contributed by atoms with Crippen molar-refractivity contribution in [2.45, 2.75) is 58.1 Å². The van der Waals surface area contributed by atoms with Gasteiger partial charge in [0, 0.05) is 41.7 Å². The maximum absolute atomic E-state index is 15.1. The molecule has 0 saturated heterocycles. The topological polar surface area (TPSA) is 59.8 Å². The van der Waals surface area contributed by atoms with Crippen LogP contribution in [0.4, 0.5) is 17.6 Å². The predicted molar refractivity (Wildman–Crippen MR) is 115 cm³/mol. The number of pyridine rings is 2. The molecule has 0 aliphatic heterocycles. The van der Waals surface area contributed by atoms with E-state index in [4.69, 9.17) is 0 Å². The molecule has 1 aliphatic carbocycles. The van der Waals surface area contributed by atoms with Crippen molar-refractivity contribution in [2.75, 3.05) is 0 Å². The Hall–Kier alpha value is -2.33. The van der Waals surface area contributed by atoms with Gasteiger partial charge in [0.25, 0.3) is 0 Å². The smallest absolute Gasteiger partial charge is 0.332 e. The molecule has 3 aromatic rings. The highest BCUT2D eigenvalue weighted by Gasteiger charge is 2.36. The van der Waals surface area contributed by atoms with E-state index >= 15 is 4.39 Å². The lowest BCUT2D eigenvalue weighted by Crippen LogP contribution is -2.19. The third-order valence-electron chi connectivity index (χ3n) is 5.09. The van der Waals surface area contributed by atoms with Crippen LogP contribution in [0.25, 0.3) is 22.3 Å². The number of aromatic nitrogens is 3. The monoisotopic (exact) mass is 468 g/mol. The van der Waals surface area contributed by atoms with Gasteiger partial charge < -0.3 is 4.57 Å². The van der Waals surface area contributed by atoms with Crippen LogP contribution in [0.15, 0.2) is 30.6 Å². The quantitative estimate of drug-likeness (QED) is 0.505. The van der Waals surface area contributed by atoms with Gasteiger partial charge in [0.2, 0.25) is 0 Å². The van der Waals surface area contributed by atoms with E-state index < -0.39 is 39.9 Å². The van der Waals surface area contributed by atoms with Crippen LogP contribution in [0.3, 0.4) is 0 Å². The summed E-state index contributed by atoms with van der Waals surface area (Å²) < 4.78 is 72.5. The summed E-state index contributed by atoms with van der Waals surface area (Å²) in [5.41, 5.74) is -1.07. The first-order chi connectivity index (χ1) is 14.9. The molecule has 1 unspecified atom stereocenters. The lowest BCUT2D eigenvalue weighted by molar-refractivity contribution is -0.140. The Balaban J connectivity index is 1.83. The maximum Gasteiger partial charge on any atom is 0.434 e. The molecule has 10 heteroatoms. The molecule has 1 fully saturated rings. The Labute approximate surface area is 185 Å². The van der Waals surface area contributed by atoms with Gasteiger partial charge in [0.15, 0.2) is 5.69 Å². The summed E-state index contributed by atoms with van der Waals surface area (Å²) in [6, 6.07) is 3.71. The number of fused-ring (bicyclic) bond motifs is 1. The van der Waals surface area contributed by atoms with Crippen molar-refractivity contribution in [3.05, 3.63) is 47.7 Å². The lowest BCUT2D eigenvalue weighted by Gasteiger charge is -2.19. The summed E-state index contributed by atoms with van der Waals surface area (Å²) in [5, 5.41) is 0.624. The number of hydrogen-bond donors (Lipinski definition) is 1. The summed E-state index contributed by atoms with van der Waals surface area (Å²) in [7, 11) is -1.17. The van der Waals surface area contributed by atoms with Gasteiger partial charge in [-0.3, -0.25) is 4.98 Å². The number of alkyl halides is 3. The zero-order valence-electron chi connectivity index (χ0n) is 18.0. The zero-order valence-corrected chi connectivity index (χ0v) is 18.8. The highest BCUT2D eigenvalue weighted by Crippen LogP contribution is 2.37. The summed E-state index contributed by atoms with van der Waals surface area (Å²) >= 11 is 0. The molecule has 1 aliphatic rings. The van der Waals surface area contributed by atoms with Crippen molar-refractivity contribution in [3.8, 4) is 11.3 Å². The predicted octanol–water partition coefficient (Wildman–Crippen LogP) is 5.22. The Morgan fingerprint density at radius 2 is 1.97 bits per heavy atom. The number of rotatable bonds is 6. The van der Waals surface area contributed by atoms with Gasteiger partial charge in [-0.1, -0.05) is 20.8 Å². The van der Waals surface area contributed by atoms with Crippen molar-refractivity contribution < 1.29 is 21.8 Å². The van der Waals surface area contributed by atoms with Gasteiger partial charge in [0.1, 0.15) is 17.2 Å². The second-order valence-electron chi connectivity index (χ2n) is 9.25. The van der Waals surface area contributed by atoms with Gasteiger partial charge in [0.05, 0.1) is 11.0 Å². The van der Waals surface area contributed by atoms with Crippen LogP contribution in [0, 0.1) is 11.2 Å². The van der Waals surface area contributed by atoms with Gasteiger partial charge in [-0.25, -0.2) is 18.3 Å². The zero-order chi connectivity index (χ0) is 23.3. The van der Waals surface area contributed by atoms with Crippen LogP contribution >= 0.6 is 0 Å². The first kappa shape index (κ1) is 22.8. The Bertz CT molecular complexity index is 1180. The first-order valence-electron chi connectivity index (χ1n) is 10.3. The van der Waals surface area contributed by atoms with E-state index in [9.17, 15) is 17.4 Å². The standard InChI is InChI=1S/C22H24F4N4OS/c1-21(2,3)12-30-11-13(10-28-32(31)14-6-7-14)16-9-17(23)18(29-20(16)30)15-5-4-8-27-19(15)22(24,25)26/h4-5,8-9,11,14,28H,6-7,10,12H2,1-3H3. The minimum Gasteiger partial charge on any atom is -0.332 e. The van der Waals surface area contributed by atoms with E-state index in [2.05, 4.69) is 14.7 Å². The molecular weight excluding hydrogens is 444 g/mol. The third-order valence-corrected chi connectivity index (χ3v) is 6.60. The summed E-state index contributed by atoms with van der Waals surface area (Å²) in [4.78, 5) is 7.77. The number of nitrogens with zero attached hydrogens (tertiary/aromatic N) is 3. The lowest BCUT2D eigenvalue weighted by atomic mass is 9.97. The average Bonchev–Trinajstić information content (AvgIpc) is 3.49. The fourth-order valence-electron chi connectivity index (χ4n) is 3.59. The second kappa shape index (κ2) is 8.22. The Morgan fingerprint density at radius 1 is 1.25 bits per heavy atom. The average molecular weight is 469 g/mol. The molecule has 0 radical (unpaired) electrons. The number of halogens is 4. The van der Waals surface area contributed by atoms with E-state index in [0.29, 0.717) is 23.1 Å². The van der Waals surface area contributed by atoms with Crippen molar-refractivity contribution in [2.24, 2.45) is 5.41 Å². The molecule has 172 valence electrons. The number of nitrogens with one attached hydrogen (secondary N) is 1. The molecule has 1 atom stereocenters. The van der Waals surface area contributed by atoms with Crippen LogP contribution in [0.5, 0.6) is 0 Å². The molecule has 3 aromatic heterocycles. The molecule has 0 spiro atoms. The Kier molecular flexibility index (Phi) is 5.87. The molecule has 5 nitrogen and oxygen atoms in total. The normalized spacial score (nSPS) is 16.0. The molecule has 1 N–H and O–H groups in total. The van der Waals surface area contributed by atoms with E-state index in [1.165, 1.54) is 18.2 Å². The number of hydrogen-bond acceptors (Lipinski definition) is 3. The van der Waals surface area contributed by atoms with Crippen molar-refractivity contribution >= 4 is 22.0 Å². The highest BCUT2D eigenvalue weighted by molar-refractivity contribution is 7.83. The maximum atomic E-state index is 15.1. The largest absolute Gasteiger partial charge is 0.434 e. The van der Waals surface area contributed by atoms with Crippen molar-refractivity contribution in [3.63, 3.8) is 0 Å². The van der Waals surface area contributed by atoms with Crippen LogP contribution in [0.1, 0.15) is 44.9 Å². The summed E-state index contributed by atoms with van der Waals surface area (Å²) in [6.07, 6.45) is -0.0871. The van der Waals surface area contributed by atoms with E-state index in [0.717, 1.165) is 19.0 Å². The van der Waals surface area contributed by atoms with Crippen LogP contribution in [-0.4, -0.2) is 24.0 Å². The first-order valence-corrected chi connectivity index (χ1v) is 11.5. The van der Waals surface area contributed by atoms with E-state index in [-0.39, 0.29) is 17.2 Å². The fraction of sp³-hybridized carbons (Fsp3) is 0.455. The minimum atomic E-state index is -4.74. The van der Waals surface area contributed by atoms with Gasteiger partial charge in [-0.2, -0.15) is 13.2 Å². The van der Waals surface area contributed by atoms with Gasteiger partial charge >= 0.3 is 6.18 Å².